The monoisotopic (exact) mass is 193 g/mol. The van der Waals surface area contributed by atoms with Gasteiger partial charge in [0, 0.05) is 5.56 Å². The van der Waals surface area contributed by atoms with Gasteiger partial charge in [0.25, 0.3) is 0 Å². The molecule has 2 aromatic carbocycles. The van der Waals surface area contributed by atoms with E-state index < -0.39 is 0 Å². The maximum Gasteiger partial charge on any atom is 0.188 e. The molecule has 0 saturated carbocycles. The van der Waals surface area contributed by atoms with Gasteiger partial charge in [0.1, 0.15) is 6.07 Å². The van der Waals surface area contributed by atoms with Crippen LogP contribution in [0.2, 0.25) is 0 Å². The summed E-state index contributed by atoms with van der Waals surface area (Å²) < 4.78 is 5.32. The number of benzene rings is 2. The molecule has 1 aliphatic rings. The Morgan fingerprint density at radius 2 is 1.73 bits per heavy atom. The molecule has 3 rings (SSSR count). The van der Waals surface area contributed by atoms with E-state index in [1.54, 1.807) is 6.07 Å². The van der Waals surface area contributed by atoms with Gasteiger partial charge >= 0.3 is 0 Å². The minimum Gasteiger partial charge on any atom is -0.447 e. The summed E-state index contributed by atoms with van der Waals surface area (Å²) in [5, 5.41) is 8.78. The predicted octanol–water partition coefficient (Wildman–Crippen LogP) is 3.33. The summed E-state index contributed by atoms with van der Waals surface area (Å²) in [5.41, 5.74) is 2.80. The van der Waals surface area contributed by atoms with Crippen molar-refractivity contribution in [3.8, 4) is 28.7 Å². The Bertz CT molecular complexity index is 567. The van der Waals surface area contributed by atoms with Gasteiger partial charge < -0.3 is 4.74 Å². The molecule has 2 nitrogen and oxygen atoms in total. The van der Waals surface area contributed by atoms with Crippen molar-refractivity contribution in [3.05, 3.63) is 48.0 Å². The van der Waals surface area contributed by atoms with Gasteiger partial charge in [-0.2, -0.15) is 5.26 Å². The van der Waals surface area contributed by atoms with E-state index in [1.165, 1.54) is 0 Å². The van der Waals surface area contributed by atoms with Crippen molar-refractivity contribution in [1.29, 1.82) is 5.26 Å². The van der Waals surface area contributed by atoms with E-state index in [1.807, 2.05) is 36.4 Å². The summed E-state index contributed by atoms with van der Waals surface area (Å²) in [4.78, 5) is 0. The maximum absolute atomic E-state index is 8.78. The third kappa shape index (κ3) is 1.18. The highest BCUT2D eigenvalue weighted by atomic mass is 16.6. The first kappa shape index (κ1) is 8.07. The Labute approximate surface area is 87.4 Å². The lowest BCUT2D eigenvalue weighted by Crippen LogP contribution is -1.73. The van der Waals surface area contributed by atoms with E-state index in [9.17, 15) is 0 Å². The first-order valence-electron chi connectivity index (χ1n) is 4.70. The highest BCUT2D eigenvalue weighted by Gasteiger charge is 2.29. The fourth-order valence-electron chi connectivity index (χ4n) is 1.68. The number of fused-ring (bicyclic) bond motifs is 1. The summed E-state index contributed by atoms with van der Waals surface area (Å²) in [5.74, 6) is 1.58. The zero-order chi connectivity index (χ0) is 10.3. The van der Waals surface area contributed by atoms with Crippen LogP contribution in [-0.2, 0) is 0 Å². The quantitative estimate of drug-likeness (QED) is 0.556. The van der Waals surface area contributed by atoms with Crippen LogP contribution in [0.1, 0.15) is 5.56 Å². The molecule has 0 atom stereocenters. The molecule has 0 radical (unpaired) electrons. The van der Waals surface area contributed by atoms with Crippen molar-refractivity contribution in [1.82, 2.24) is 0 Å². The summed E-state index contributed by atoms with van der Waals surface area (Å²) in [6.45, 7) is 0. The molecule has 0 saturated heterocycles. The lowest BCUT2D eigenvalue weighted by atomic mass is 10.0. The molecule has 1 heterocycles. The van der Waals surface area contributed by atoms with Crippen LogP contribution in [0.25, 0.3) is 11.1 Å². The SMILES string of the molecule is N#Cc1ccc(-c2ccccc2)c2c1O2. The van der Waals surface area contributed by atoms with Crippen LogP contribution in [0.3, 0.4) is 0 Å². The molecule has 0 unspecified atom stereocenters. The Hall–Kier alpha value is -2.27. The zero-order valence-electron chi connectivity index (χ0n) is 7.90. The minimum atomic E-state index is 0.615. The fraction of sp³-hybridized carbons (Fsp3) is 0. The second kappa shape index (κ2) is 2.86. The van der Waals surface area contributed by atoms with Crippen LogP contribution in [0.15, 0.2) is 42.5 Å². The van der Waals surface area contributed by atoms with Crippen molar-refractivity contribution >= 4 is 0 Å². The Kier molecular flexibility index (Phi) is 1.54. The number of nitriles is 1. The van der Waals surface area contributed by atoms with E-state index >= 15 is 0 Å². The zero-order valence-corrected chi connectivity index (χ0v) is 7.90. The van der Waals surface area contributed by atoms with E-state index in [0.717, 1.165) is 22.6 Å². The fourth-order valence-corrected chi connectivity index (χ4v) is 1.68. The molecule has 2 aromatic rings. The number of hydrogen-bond donors (Lipinski definition) is 0. The van der Waals surface area contributed by atoms with Crippen LogP contribution in [0.5, 0.6) is 11.5 Å². The van der Waals surface area contributed by atoms with Crippen molar-refractivity contribution in [2.45, 2.75) is 0 Å². The van der Waals surface area contributed by atoms with Gasteiger partial charge in [-0.3, -0.25) is 0 Å². The molecule has 0 spiro atoms. The van der Waals surface area contributed by atoms with Crippen LogP contribution < -0.4 is 4.74 Å². The van der Waals surface area contributed by atoms with Crippen molar-refractivity contribution in [2.24, 2.45) is 0 Å². The Morgan fingerprint density at radius 3 is 2.47 bits per heavy atom. The molecule has 0 bridgehead atoms. The summed E-state index contributed by atoms with van der Waals surface area (Å²) in [7, 11) is 0. The topological polar surface area (TPSA) is 36.3 Å². The number of ether oxygens (including phenoxy) is 1. The number of nitrogens with zero attached hydrogens (tertiary/aromatic N) is 1. The predicted molar refractivity (Wildman–Crippen MR) is 56.7 cm³/mol. The van der Waals surface area contributed by atoms with Gasteiger partial charge in [0.15, 0.2) is 11.5 Å². The van der Waals surface area contributed by atoms with Gasteiger partial charge in [0.05, 0.1) is 5.56 Å². The molecule has 1 aliphatic heterocycles. The lowest BCUT2D eigenvalue weighted by Gasteiger charge is -1.96. The van der Waals surface area contributed by atoms with Gasteiger partial charge in [0.2, 0.25) is 0 Å². The second-order valence-electron chi connectivity index (χ2n) is 3.40. The second-order valence-corrected chi connectivity index (χ2v) is 3.40. The van der Waals surface area contributed by atoms with Crippen LogP contribution in [0.4, 0.5) is 0 Å². The highest BCUT2D eigenvalue weighted by molar-refractivity contribution is 5.82. The van der Waals surface area contributed by atoms with Crippen LogP contribution in [-0.4, -0.2) is 0 Å². The molecule has 0 amide bonds. The van der Waals surface area contributed by atoms with Crippen LogP contribution >= 0.6 is 0 Å². The van der Waals surface area contributed by atoms with E-state index in [2.05, 4.69) is 6.07 Å². The number of hydrogen-bond acceptors (Lipinski definition) is 2. The standard InChI is InChI=1S/C13H7NO/c14-8-10-6-7-11(13-12(10)15-13)9-4-2-1-3-5-9/h1-7H. The molecular weight excluding hydrogens is 186 g/mol. The lowest BCUT2D eigenvalue weighted by molar-refractivity contribution is 0.649. The Balaban J connectivity index is 2.15. The summed E-state index contributed by atoms with van der Waals surface area (Å²) in [6, 6.07) is 15.8. The molecule has 70 valence electrons. The Morgan fingerprint density at radius 1 is 0.933 bits per heavy atom. The molecule has 0 aromatic heterocycles. The molecule has 0 N–H and O–H groups in total. The summed E-state index contributed by atoms with van der Waals surface area (Å²) >= 11 is 0. The molecule has 0 aliphatic carbocycles. The van der Waals surface area contributed by atoms with Crippen molar-refractivity contribution < 1.29 is 4.74 Å². The third-order valence-electron chi connectivity index (χ3n) is 2.48. The van der Waals surface area contributed by atoms with Gasteiger partial charge in [-0.05, 0) is 17.7 Å². The van der Waals surface area contributed by atoms with Crippen molar-refractivity contribution in [3.63, 3.8) is 0 Å². The van der Waals surface area contributed by atoms with E-state index in [0.29, 0.717) is 5.56 Å². The van der Waals surface area contributed by atoms with Gasteiger partial charge in [-0.15, -0.1) is 0 Å². The molecule has 15 heavy (non-hydrogen) atoms. The first-order valence-corrected chi connectivity index (χ1v) is 4.70. The average Bonchev–Trinajstić information content (AvgIpc) is 3.08. The number of rotatable bonds is 1. The van der Waals surface area contributed by atoms with E-state index in [-0.39, 0.29) is 0 Å². The molecular formula is C13H7NO. The summed E-state index contributed by atoms with van der Waals surface area (Å²) in [6.07, 6.45) is 0. The average molecular weight is 193 g/mol. The maximum atomic E-state index is 8.78. The largest absolute Gasteiger partial charge is 0.447 e. The van der Waals surface area contributed by atoms with Crippen molar-refractivity contribution in [2.75, 3.05) is 0 Å². The third-order valence-corrected chi connectivity index (χ3v) is 2.48. The smallest absolute Gasteiger partial charge is 0.188 e. The molecule has 2 heteroatoms. The highest BCUT2D eigenvalue weighted by Crippen LogP contribution is 2.54. The van der Waals surface area contributed by atoms with E-state index in [4.69, 9.17) is 10.00 Å². The van der Waals surface area contributed by atoms with Gasteiger partial charge in [-0.25, -0.2) is 0 Å². The first-order chi connectivity index (χ1) is 7.40. The van der Waals surface area contributed by atoms with Gasteiger partial charge in [-0.1, -0.05) is 30.3 Å². The normalized spacial score (nSPS) is 11.1. The van der Waals surface area contributed by atoms with Crippen LogP contribution in [0, 0.1) is 11.3 Å². The molecule has 0 fully saturated rings. The minimum absolute atomic E-state index is 0.615.